The van der Waals surface area contributed by atoms with Crippen molar-refractivity contribution in [3.05, 3.63) is 124 Å². The van der Waals surface area contributed by atoms with Gasteiger partial charge >= 0.3 is 6.03 Å². The molecule has 0 aliphatic carbocycles. The van der Waals surface area contributed by atoms with Crippen LogP contribution in [0.3, 0.4) is 0 Å². The van der Waals surface area contributed by atoms with Gasteiger partial charge in [-0.15, -0.1) is 0 Å². The Kier molecular flexibility index (Phi) is 8.31. The van der Waals surface area contributed by atoms with Crippen molar-refractivity contribution in [1.82, 2.24) is 0 Å². The third-order valence-electron chi connectivity index (χ3n) is 6.56. The lowest BCUT2D eigenvalue weighted by atomic mass is 10.0. The second-order valence-corrected chi connectivity index (χ2v) is 10.5. The van der Waals surface area contributed by atoms with Crippen LogP contribution in [-0.2, 0) is 14.4 Å². The van der Waals surface area contributed by atoms with Crippen LogP contribution in [0.25, 0.3) is 6.08 Å². The number of para-hydroxylation sites is 2. The number of hydrogen-bond acceptors (Lipinski definition) is 5. The minimum Gasteiger partial charge on any atom is -0.483 e. The number of benzene rings is 4. The van der Waals surface area contributed by atoms with Gasteiger partial charge in [-0.05, 0) is 89.4 Å². The summed E-state index contributed by atoms with van der Waals surface area (Å²) in [4.78, 5) is 55.0. The normalized spacial score (nSPS) is 13.3. The van der Waals surface area contributed by atoms with E-state index in [4.69, 9.17) is 4.74 Å². The van der Waals surface area contributed by atoms with Gasteiger partial charge in [0, 0.05) is 5.69 Å². The molecule has 1 fully saturated rings. The molecule has 8 nitrogen and oxygen atoms in total. The molecule has 4 aromatic rings. The summed E-state index contributed by atoms with van der Waals surface area (Å²) < 4.78 is 6.23. The highest BCUT2D eigenvalue weighted by Crippen LogP contribution is 2.31. The van der Waals surface area contributed by atoms with Crippen molar-refractivity contribution in [2.45, 2.75) is 13.8 Å². The van der Waals surface area contributed by atoms with Gasteiger partial charge in [0.2, 0.25) is 0 Å². The third-order valence-corrected chi connectivity index (χ3v) is 7.18. The number of hydrogen-bond donors (Lipinski definition) is 1. The summed E-state index contributed by atoms with van der Waals surface area (Å²) >= 11 is 3.45. The van der Waals surface area contributed by atoms with Gasteiger partial charge < -0.3 is 10.1 Å². The highest BCUT2D eigenvalue weighted by Gasteiger charge is 2.43. The van der Waals surface area contributed by atoms with Crippen LogP contribution in [0.5, 0.6) is 5.75 Å². The molecule has 1 aliphatic heterocycles. The molecule has 5 rings (SSSR count). The first-order valence-corrected chi connectivity index (χ1v) is 13.9. The van der Waals surface area contributed by atoms with Gasteiger partial charge in [0.15, 0.2) is 6.61 Å². The van der Waals surface area contributed by atoms with Gasteiger partial charge in [0.25, 0.3) is 17.7 Å². The van der Waals surface area contributed by atoms with Crippen molar-refractivity contribution < 1.29 is 23.9 Å². The Morgan fingerprint density at radius 3 is 1.95 bits per heavy atom. The maximum Gasteiger partial charge on any atom is 0.343 e. The Morgan fingerprint density at radius 2 is 1.40 bits per heavy atom. The lowest BCUT2D eigenvalue weighted by Gasteiger charge is -2.33. The lowest BCUT2D eigenvalue weighted by Crippen LogP contribution is -2.57. The van der Waals surface area contributed by atoms with Gasteiger partial charge in [0.05, 0.1) is 15.8 Å². The summed E-state index contributed by atoms with van der Waals surface area (Å²) in [5.41, 5.74) is 3.78. The summed E-state index contributed by atoms with van der Waals surface area (Å²) in [6.45, 7) is 3.68. The first kappa shape index (κ1) is 28.5. The summed E-state index contributed by atoms with van der Waals surface area (Å²) in [6.07, 6.45) is 1.43. The molecule has 1 aliphatic rings. The number of amides is 5. The first-order chi connectivity index (χ1) is 20.2. The van der Waals surface area contributed by atoms with Gasteiger partial charge in [-0.25, -0.2) is 14.6 Å². The Balaban J connectivity index is 1.39. The highest BCUT2D eigenvalue weighted by atomic mass is 79.9. The van der Waals surface area contributed by atoms with Crippen LogP contribution in [0.15, 0.2) is 107 Å². The predicted molar refractivity (Wildman–Crippen MR) is 165 cm³/mol. The largest absolute Gasteiger partial charge is 0.483 e. The standard InChI is InChI=1S/C33H26BrN3O5/c1-21-13-15-28(22(2)17-21)35-30(38)20-42-29-16-14-23(19-27(29)34)18-26-31(39)36(24-9-5-3-6-10-24)33(41)37(32(26)40)25-11-7-4-8-12-25/h3-19H,20H2,1-2H3,(H,35,38). The average Bonchev–Trinajstić information content (AvgIpc) is 2.97. The zero-order chi connectivity index (χ0) is 29.8. The molecule has 42 heavy (non-hydrogen) atoms. The number of halogens is 1. The van der Waals surface area contributed by atoms with E-state index >= 15 is 0 Å². The number of imide groups is 2. The summed E-state index contributed by atoms with van der Waals surface area (Å²) in [6, 6.07) is 26.8. The molecule has 0 atom stereocenters. The van der Waals surface area contributed by atoms with Gasteiger partial charge in [-0.1, -0.05) is 60.2 Å². The van der Waals surface area contributed by atoms with Gasteiger partial charge in [0.1, 0.15) is 11.3 Å². The van der Waals surface area contributed by atoms with E-state index in [9.17, 15) is 19.2 Å². The van der Waals surface area contributed by atoms with E-state index in [-0.39, 0.29) is 18.1 Å². The molecule has 0 saturated carbocycles. The second-order valence-electron chi connectivity index (χ2n) is 9.64. The van der Waals surface area contributed by atoms with Gasteiger partial charge in [-0.2, -0.15) is 0 Å². The minimum absolute atomic E-state index is 0.185. The maximum atomic E-state index is 13.6. The number of carbonyl (C=O) groups is 4. The molecule has 5 amide bonds. The minimum atomic E-state index is -0.761. The number of aryl methyl sites for hydroxylation is 2. The van der Waals surface area contributed by atoms with Gasteiger partial charge in [-0.3, -0.25) is 14.4 Å². The monoisotopic (exact) mass is 623 g/mol. The van der Waals surface area contributed by atoms with E-state index in [2.05, 4.69) is 21.2 Å². The van der Waals surface area contributed by atoms with E-state index in [1.807, 2.05) is 32.0 Å². The van der Waals surface area contributed by atoms with Crippen LogP contribution in [0.2, 0.25) is 0 Å². The molecule has 0 bridgehead atoms. The maximum absolute atomic E-state index is 13.6. The zero-order valence-corrected chi connectivity index (χ0v) is 24.4. The van der Waals surface area contributed by atoms with Crippen LogP contribution in [-0.4, -0.2) is 30.4 Å². The lowest BCUT2D eigenvalue weighted by molar-refractivity contribution is -0.121. The topological polar surface area (TPSA) is 96.0 Å². The molecule has 0 radical (unpaired) electrons. The molecule has 0 unspecified atom stereocenters. The van der Waals surface area contributed by atoms with Crippen LogP contribution in [0.1, 0.15) is 16.7 Å². The second kappa shape index (κ2) is 12.2. The molecule has 1 saturated heterocycles. The summed E-state index contributed by atoms with van der Waals surface area (Å²) in [7, 11) is 0. The average molecular weight is 624 g/mol. The summed E-state index contributed by atoms with van der Waals surface area (Å²) in [5.74, 6) is -1.38. The van der Waals surface area contributed by atoms with Crippen LogP contribution < -0.4 is 19.9 Å². The Labute approximate surface area is 251 Å². The zero-order valence-electron chi connectivity index (χ0n) is 22.8. The fourth-order valence-corrected chi connectivity index (χ4v) is 5.02. The number of ether oxygens (including phenoxy) is 1. The fourth-order valence-electron chi connectivity index (χ4n) is 4.51. The van der Waals surface area contributed by atoms with E-state index in [1.165, 1.54) is 6.08 Å². The number of anilines is 3. The quantitative estimate of drug-likeness (QED) is 0.183. The van der Waals surface area contributed by atoms with Crippen molar-refractivity contribution in [2.24, 2.45) is 0 Å². The molecule has 4 aromatic carbocycles. The SMILES string of the molecule is Cc1ccc(NC(=O)COc2ccc(C=C3C(=O)N(c4ccccc4)C(=O)N(c4ccccc4)C3=O)cc2Br)c(C)c1. The number of carbonyl (C=O) groups excluding carboxylic acids is 4. The van der Waals surface area contributed by atoms with Crippen molar-refractivity contribution >= 4 is 62.8 Å². The summed E-state index contributed by atoms with van der Waals surface area (Å²) in [5, 5.41) is 2.84. The molecule has 0 aromatic heterocycles. The van der Waals surface area contributed by atoms with E-state index in [0.29, 0.717) is 32.8 Å². The fraction of sp³-hybridized carbons (Fsp3) is 0.0909. The van der Waals surface area contributed by atoms with Crippen LogP contribution >= 0.6 is 15.9 Å². The van der Waals surface area contributed by atoms with E-state index in [1.54, 1.807) is 78.9 Å². The molecule has 1 heterocycles. The Bertz CT molecular complexity index is 1660. The molecule has 0 spiro atoms. The van der Waals surface area contributed by atoms with Crippen molar-refractivity contribution in [3.63, 3.8) is 0 Å². The van der Waals surface area contributed by atoms with Crippen LogP contribution in [0.4, 0.5) is 21.9 Å². The van der Waals surface area contributed by atoms with E-state index in [0.717, 1.165) is 20.9 Å². The first-order valence-electron chi connectivity index (χ1n) is 13.1. The Hall–Kier alpha value is -5.02. The number of rotatable bonds is 7. The predicted octanol–water partition coefficient (Wildman–Crippen LogP) is 6.67. The number of barbiturate groups is 1. The Morgan fingerprint density at radius 1 is 0.810 bits per heavy atom. The molecule has 1 N–H and O–H groups in total. The number of nitrogens with zero attached hydrogens (tertiary/aromatic N) is 2. The number of urea groups is 1. The number of nitrogens with one attached hydrogen (secondary N) is 1. The molecule has 9 heteroatoms. The molecular weight excluding hydrogens is 598 g/mol. The van der Waals surface area contributed by atoms with Crippen molar-refractivity contribution in [1.29, 1.82) is 0 Å². The van der Waals surface area contributed by atoms with Crippen molar-refractivity contribution in [3.8, 4) is 5.75 Å². The highest BCUT2D eigenvalue weighted by molar-refractivity contribution is 9.10. The molecule has 210 valence electrons. The van der Waals surface area contributed by atoms with E-state index < -0.39 is 17.8 Å². The third kappa shape index (κ3) is 6.01. The molecular formula is C33H26BrN3O5. The smallest absolute Gasteiger partial charge is 0.343 e. The van der Waals surface area contributed by atoms with Crippen molar-refractivity contribution in [2.75, 3.05) is 21.7 Å². The van der Waals surface area contributed by atoms with Crippen LogP contribution in [0, 0.1) is 13.8 Å².